The van der Waals surface area contributed by atoms with E-state index in [9.17, 15) is 22.8 Å². The minimum Gasteiger partial charge on any atom is -0.454 e. The van der Waals surface area contributed by atoms with Crippen molar-refractivity contribution in [2.45, 2.75) is 49.6 Å². The summed E-state index contributed by atoms with van der Waals surface area (Å²) in [7, 11) is -3.74. The van der Waals surface area contributed by atoms with Crippen LogP contribution in [0.4, 0.5) is 5.69 Å². The van der Waals surface area contributed by atoms with Crippen LogP contribution in [-0.2, 0) is 24.3 Å². The number of ether oxygens (including phenoxy) is 1. The van der Waals surface area contributed by atoms with Crippen molar-refractivity contribution in [3.05, 3.63) is 59.7 Å². The van der Waals surface area contributed by atoms with Gasteiger partial charge in [0.05, 0.1) is 16.1 Å². The number of esters is 1. The average Bonchev–Trinajstić information content (AvgIpc) is 3.43. The lowest BCUT2D eigenvalue weighted by atomic mass is 10.1. The topological polar surface area (TPSA) is 143 Å². The van der Waals surface area contributed by atoms with Crippen LogP contribution >= 0.6 is 0 Å². The van der Waals surface area contributed by atoms with E-state index < -0.39 is 34.5 Å². The Morgan fingerprint density at radius 3 is 2.54 bits per heavy atom. The largest absolute Gasteiger partial charge is 0.454 e. The molecule has 0 radical (unpaired) electrons. The van der Waals surface area contributed by atoms with Gasteiger partial charge in [0, 0.05) is 11.6 Å². The molecular formula is C24H26N4O6S. The summed E-state index contributed by atoms with van der Waals surface area (Å²) < 4.78 is 31.8. The highest BCUT2D eigenvalue weighted by molar-refractivity contribution is 7.90. The number of rotatable bonds is 7. The number of carbonyl (C=O) groups excluding carboxylic acids is 3. The molecule has 1 saturated carbocycles. The van der Waals surface area contributed by atoms with E-state index in [2.05, 4.69) is 20.3 Å². The lowest BCUT2D eigenvalue weighted by Crippen LogP contribution is -2.33. The van der Waals surface area contributed by atoms with Crippen LogP contribution in [0.25, 0.3) is 0 Å². The van der Waals surface area contributed by atoms with Gasteiger partial charge in [-0.05, 0) is 44.0 Å². The van der Waals surface area contributed by atoms with E-state index in [1.807, 2.05) is 0 Å². The predicted octanol–water partition coefficient (Wildman–Crippen LogP) is 1.97. The van der Waals surface area contributed by atoms with Crippen LogP contribution in [0.5, 0.6) is 0 Å². The molecule has 10 nitrogen and oxygen atoms in total. The van der Waals surface area contributed by atoms with Crippen molar-refractivity contribution >= 4 is 39.3 Å². The van der Waals surface area contributed by atoms with Crippen LogP contribution < -0.4 is 15.4 Å². The van der Waals surface area contributed by atoms with Crippen molar-refractivity contribution in [1.82, 2.24) is 10.0 Å². The van der Waals surface area contributed by atoms with Gasteiger partial charge in [0.25, 0.3) is 21.8 Å². The van der Waals surface area contributed by atoms with Gasteiger partial charge in [-0.3, -0.25) is 19.3 Å². The Morgan fingerprint density at radius 1 is 1.09 bits per heavy atom. The molecule has 2 aromatic carbocycles. The third kappa shape index (κ3) is 5.68. The van der Waals surface area contributed by atoms with Gasteiger partial charge in [-0.15, -0.1) is 0 Å². The van der Waals surface area contributed by atoms with Gasteiger partial charge in [0.2, 0.25) is 0 Å². The molecule has 4 rings (SSSR count). The molecule has 0 saturated heterocycles. The first-order valence-electron chi connectivity index (χ1n) is 11.3. The Hall–Kier alpha value is -3.73. The zero-order valence-corrected chi connectivity index (χ0v) is 19.9. The third-order valence-electron chi connectivity index (χ3n) is 5.81. The summed E-state index contributed by atoms with van der Waals surface area (Å²) in [5.41, 5.74) is 0.998. The quantitative estimate of drug-likeness (QED) is 0.498. The number of amides is 2. The van der Waals surface area contributed by atoms with E-state index in [1.54, 1.807) is 42.5 Å². The number of amidine groups is 1. The number of para-hydroxylation sites is 1. The second-order valence-corrected chi connectivity index (χ2v) is 10.1. The number of hydrogen-bond donors (Lipinski definition) is 3. The number of benzene rings is 2. The molecule has 2 aliphatic rings. The predicted molar refractivity (Wildman–Crippen MR) is 129 cm³/mol. The van der Waals surface area contributed by atoms with Crippen molar-refractivity contribution < 1.29 is 27.5 Å². The third-order valence-corrected chi connectivity index (χ3v) is 7.21. The van der Waals surface area contributed by atoms with Crippen LogP contribution in [0.2, 0.25) is 0 Å². The van der Waals surface area contributed by atoms with Crippen LogP contribution in [0, 0.1) is 0 Å². The van der Waals surface area contributed by atoms with Gasteiger partial charge in [0.1, 0.15) is 11.9 Å². The van der Waals surface area contributed by atoms with Crippen molar-refractivity contribution in [2.75, 3.05) is 11.9 Å². The fourth-order valence-electron chi connectivity index (χ4n) is 4.04. The molecule has 184 valence electrons. The average molecular weight is 499 g/mol. The Bertz CT molecular complexity index is 1280. The highest BCUT2D eigenvalue weighted by atomic mass is 32.2. The highest BCUT2D eigenvalue weighted by Gasteiger charge is 2.31. The lowest BCUT2D eigenvalue weighted by Gasteiger charge is -2.15. The number of aliphatic imine (C=N–C) groups is 1. The highest BCUT2D eigenvalue weighted by Crippen LogP contribution is 2.23. The normalized spacial score (nSPS) is 18.4. The van der Waals surface area contributed by atoms with Crippen LogP contribution in [-0.4, -0.2) is 50.7 Å². The molecule has 1 atom stereocenters. The van der Waals surface area contributed by atoms with Gasteiger partial charge in [-0.2, -0.15) is 0 Å². The summed E-state index contributed by atoms with van der Waals surface area (Å²) in [6.07, 6.45) is 4.03. The standard InChI is InChI=1S/C24H26N4O6S/c1-15(25-22-18-11-5-7-13-20(18)35(32,33)28-22)24(31)34-14-21(29)27-19-12-6-4-10-17(19)23(30)26-16-8-2-3-9-16/h4-7,10-13,15-16H,2-3,8-9,14H2,1H3,(H,25,28)(H,26,30)(H,27,29)/t15-/m0/s1. The number of hydrogen-bond acceptors (Lipinski definition) is 7. The van der Waals surface area contributed by atoms with E-state index >= 15 is 0 Å². The van der Waals surface area contributed by atoms with Gasteiger partial charge in [-0.1, -0.05) is 37.1 Å². The minimum absolute atomic E-state index is 0.0386. The summed E-state index contributed by atoms with van der Waals surface area (Å²) in [6.45, 7) is 0.847. The second-order valence-electron chi connectivity index (χ2n) is 8.41. The van der Waals surface area contributed by atoms with E-state index in [0.29, 0.717) is 16.8 Å². The zero-order chi connectivity index (χ0) is 25.0. The van der Waals surface area contributed by atoms with E-state index in [0.717, 1.165) is 25.7 Å². The molecule has 1 aliphatic heterocycles. The summed E-state index contributed by atoms with van der Waals surface area (Å²) >= 11 is 0. The SMILES string of the molecule is C[C@H](N=C1NS(=O)(=O)c2ccccc21)C(=O)OCC(=O)Nc1ccccc1C(=O)NC1CCCC1. The first kappa shape index (κ1) is 24.4. The maximum atomic E-state index is 12.6. The summed E-state index contributed by atoms with van der Waals surface area (Å²) in [5.74, 6) is -1.65. The first-order chi connectivity index (χ1) is 16.7. The van der Waals surface area contributed by atoms with Crippen molar-refractivity contribution in [1.29, 1.82) is 0 Å². The van der Waals surface area contributed by atoms with Gasteiger partial charge in [-0.25, -0.2) is 13.2 Å². The van der Waals surface area contributed by atoms with E-state index in [-0.39, 0.29) is 22.7 Å². The van der Waals surface area contributed by atoms with E-state index in [4.69, 9.17) is 4.74 Å². The van der Waals surface area contributed by atoms with Crippen LogP contribution in [0.3, 0.4) is 0 Å². The fourth-order valence-corrected chi connectivity index (χ4v) is 5.28. The zero-order valence-electron chi connectivity index (χ0n) is 19.1. The minimum atomic E-state index is -3.74. The molecule has 1 heterocycles. The lowest BCUT2D eigenvalue weighted by molar-refractivity contribution is -0.148. The van der Waals surface area contributed by atoms with Crippen molar-refractivity contribution in [2.24, 2.45) is 4.99 Å². The van der Waals surface area contributed by atoms with Gasteiger partial charge in [0.15, 0.2) is 6.61 Å². The number of sulfonamides is 1. The fraction of sp³-hybridized carbons (Fsp3) is 0.333. The molecule has 1 aliphatic carbocycles. The van der Waals surface area contributed by atoms with Crippen LogP contribution in [0.1, 0.15) is 48.5 Å². The molecule has 2 aromatic rings. The molecule has 0 aromatic heterocycles. The van der Waals surface area contributed by atoms with Crippen molar-refractivity contribution in [3.8, 4) is 0 Å². The summed E-state index contributed by atoms with van der Waals surface area (Å²) in [5, 5.41) is 5.59. The number of fused-ring (bicyclic) bond motifs is 1. The molecule has 3 N–H and O–H groups in total. The molecule has 0 spiro atoms. The number of nitrogens with one attached hydrogen (secondary N) is 3. The molecule has 0 bridgehead atoms. The number of nitrogens with zero attached hydrogens (tertiary/aromatic N) is 1. The summed E-state index contributed by atoms with van der Waals surface area (Å²) in [6, 6.07) is 12.0. The van der Waals surface area contributed by atoms with Crippen LogP contribution in [0.15, 0.2) is 58.4 Å². The Morgan fingerprint density at radius 2 is 1.77 bits per heavy atom. The van der Waals surface area contributed by atoms with E-state index in [1.165, 1.54) is 13.0 Å². The molecule has 0 unspecified atom stereocenters. The second kappa shape index (κ2) is 10.3. The molecule has 11 heteroatoms. The Balaban J connectivity index is 1.34. The summed E-state index contributed by atoms with van der Waals surface area (Å²) in [4.78, 5) is 41.6. The Kier molecular flexibility index (Phi) is 7.15. The van der Waals surface area contributed by atoms with Gasteiger partial charge < -0.3 is 15.4 Å². The number of carbonyl (C=O) groups is 3. The smallest absolute Gasteiger partial charge is 0.331 e. The molecular weight excluding hydrogens is 472 g/mol. The molecule has 35 heavy (non-hydrogen) atoms. The molecule has 1 fully saturated rings. The van der Waals surface area contributed by atoms with Crippen molar-refractivity contribution in [3.63, 3.8) is 0 Å². The first-order valence-corrected chi connectivity index (χ1v) is 12.8. The van der Waals surface area contributed by atoms with Gasteiger partial charge >= 0.3 is 5.97 Å². The number of anilines is 1. The maximum absolute atomic E-state index is 12.6. The molecule has 2 amide bonds. The Labute approximate surface area is 203 Å². The maximum Gasteiger partial charge on any atom is 0.331 e. The monoisotopic (exact) mass is 498 g/mol.